The Hall–Kier alpha value is -1.36. The topological polar surface area (TPSA) is 41.5 Å². The third-order valence-electron chi connectivity index (χ3n) is 2.60. The van der Waals surface area contributed by atoms with Gasteiger partial charge in [0.2, 0.25) is 5.91 Å². The van der Waals surface area contributed by atoms with E-state index in [1.807, 2.05) is 17.5 Å². The van der Waals surface area contributed by atoms with Crippen molar-refractivity contribution in [3.63, 3.8) is 0 Å². The average Bonchev–Trinajstić information content (AvgIpc) is 2.92. The molecule has 0 fully saturated rings. The Morgan fingerprint density at radius 2 is 2.10 bits per heavy atom. The van der Waals surface area contributed by atoms with Crippen molar-refractivity contribution >= 4 is 46.2 Å². The van der Waals surface area contributed by atoms with E-state index < -0.39 is 0 Å². The van der Waals surface area contributed by atoms with Gasteiger partial charge in [0, 0.05) is 4.88 Å². The molecule has 0 saturated carbocycles. The molecule has 0 saturated heterocycles. The molecular weight excluding hydrogens is 315 g/mol. The fraction of sp³-hybridized carbons (Fsp3) is 0.143. The first-order valence-corrected chi connectivity index (χ1v) is 7.51. The van der Waals surface area contributed by atoms with E-state index in [4.69, 9.17) is 23.2 Å². The molecule has 1 N–H and O–H groups in total. The maximum absolute atomic E-state index is 11.7. The average molecular weight is 327 g/mol. The molecule has 0 aliphatic carbocycles. The van der Waals surface area contributed by atoms with E-state index in [0.717, 1.165) is 10.4 Å². The summed E-state index contributed by atoms with van der Waals surface area (Å²) in [5, 5.41) is 6.96. The second-order valence-electron chi connectivity index (χ2n) is 4.12. The maximum atomic E-state index is 11.7. The number of halogens is 2. The lowest BCUT2D eigenvalue weighted by Gasteiger charge is -2.04. The van der Waals surface area contributed by atoms with Crippen molar-refractivity contribution in [1.29, 1.82) is 0 Å². The van der Waals surface area contributed by atoms with Gasteiger partial charge in [0.1, 0.15) is 0 Å². The van der Waals surface area contributed by atoms with Crippen LogP contribution in [0.2, 0.25) is 10.0 Å². The van der Waals surface area contributed by atoms with Gasteiger partial charge in [-0.25, -0.2) is 5.43 Å². The molecule has 1 aromatic heterocycles. The van der Waals surface area contributed by atoms with Gasteiger partial charge in [-0.2, -0.15) is 5.10 Å². The van der Waals surface area contributed by atoms with Gasteiger partial charge in [0.25, 0.3) is 0 Å². The quantitative estimate of drug-likeness (QED) is 0.665. The van der Waals surface area contributed by atoms with Gasteiger partial charge in [0.05, 0.1) is 22.2 Å². The first-order valence-electron chi connectivity index (χ1n) is 5.87. The van der Waals surface area contributed by atoms with Crippen LogP contribution < -0.4 is 5.43 Å². The SMILES string of the molecule is C/C(=N\NC(=O)Cc1cccs1)c1ccc(Cl)c(Cl)c1. The second kappa shape index (κ2) is 6.88. The van der Waals surface area contributed by atoms with Crippen LogP contribution in [0, 0.1) is 0 Å². The largest absolute Gasteiger partial charge is 0.273 e. The van der Waals surface area contributed by atoms with Crippen LogP contribution in [0.25, 0.3) is 0 Å². The van der Waals surface area contributed by atoms with Crippen molar-refractivity contribution in [2.75, 3.05) is 0 Å². The van der Waals surface area contributed by atoms with E-state index in [-0.39, 0.29) is 5.91 Å². The summed E-state index contributed by atoms with van der Waals surface area (Å²) in [6.07, 6.45) is 0.329. The van der Waals surface area contributed by atoms with Gasteiger partial charge in [-0.15, -0.1) is 11.3 Å². The van der Waals surface area contributed by atoms with Crippen LogP contribution in [-0.2, 0) is 11.2 Å². The fourth-order valence-electron chi connectivity index (χ4n) is 1.54. The molecule has 1 aromatic carbocycles. The van der Waals surface area contributed by atoms with E-state index in [2.05, 4.69) is 10.5 Å². The number of nitrogens with one attached hydrogen (secondary N) is 1. The Kier molecular flexibility index (Phi) is 5.17. The molecule has 3 nitrogen and oxygen atoms in total. The summed E-state index contributed by atoms with van der Waals surface area (Å²) in [7, 11) is 0. The molecule has 0 unspecified atom stereocenters. The normalized spacial score (nSPS) is 11.4. The Labute approximate surface area is 131 Å². The lowest BCUT2D eigenvalue weighted by Crippen LogP contribution is -2.20. The fourth-order valence-corrected chi connectivity index (χ4v) is 2.54. The minimum Gasteiger partial charge on any atom is -0.273 e. The molecule has 2 rings (SSSR count). The third kappa shape index (κ3) is 4.07. The zero-order valence-electron chi connectivity index (χ0n) is 10.7. The van der Waals surface area contributed by atoms with Gasteiger partial charge in [0.15, 0.2) is 0 Å². The molecule has 0 atom stereocenters. The van der Waals surface area contributed by atoms with Crippen LogP contribution in [0.4, 0.5) is 0 Å². The molecule has 2 aromatic rings. The molecular formula is C14H12Cl2N2OS. The van der Waals surface area contributed by atoms with Crippen molar-refractivity contribution in [3.05, 3.63) is 56.2 Å². The van der Waals surface area contributed by atoms with E-state index >= 15 is 0 Å². The second-order valence-corrected chi connectivity index (χ2v) is 5.96. The minimum atomic E-state index is -0.146. The first-order chi connectivity index (χ1) is 9.56. The number of thiophene rings is 1. The predicted molar refractivity (Wildman–Crippen MR) is 84.8 cm³/mol. The van der Waals surface area contributed by atoms with Crippen LogP contribution in [0.15, 0.2) is 40.8 Å². The molecule has 20 heavy (non-hydrogen) atoms. The van der Waals surface area contributed by atoms with Crippen LogP contribution in [-0.4, -0.2) is 11.6 Å². The molecule has 0 radical (unpaired) electrons. The van der Waals surface area contributed by atoms with E-state index in [1.54, 1.807) is 36.5 Å². The Bertz CT molecular complexity index is 639. The van der Waals surface area contributed by atoms with Crippen molar-refractivity contribution in [2.45, 2.75) is 13.3 Å². The summed E-state index contributed by atoms with van der Waals surface area (Å²) in [5.41, 5.74) is 4.02. The smallest absolute Gasteiger partial charge is 0.245 e. The molecule has 104 valence electrons. The summed E-state index contributed by atoms with van der Waals surface area (Å²) >= 11 is 13.3. The maximum Gasteiger partial charge on any atom is 0.245 e. The van der Waals surface area contributed by atoms with Gasteiger partial charge < -0.3 is 0 Å². The number of hydrogen-bond acceptors (Lipinski definition) is 3. The van der Waals surface area contributed by atoms with Gasteiger partial charge in [-0.3, -0.25) is 4.79 Å². The van der Waals surface area contributed by atoms with E-state index in [1.165, 1.54) is 0 Å². The minimum absolute atomic E-state index is 0.146. The Morgan fingerprint density at radius 1 is 1.30 bits per heavy atom. The third-order valence-corrected chi connectivity index (χ3v) is 4.22. The van der Waals surface area contributed by atoms with Crippen LogP contribution in [0.1, 0.15) is 17.4 Å². The number of benzene rings is 1. The molecule has 6 heteroatoms. The van der Waals surface area contributed by atoms with Crippen molar-refractivity contribution < 1.29 is 4.79 Å². The first kappa shape index (κ1) is 15.0. The summed E-state index contributed by atoms with van der Waals surface area (Å²) in [6.45, 7) is 1.80. The summed E-state index contributed by atoms with van der Waals surface area (Å²) in [5.74, 6) is -0.146. The molecule has 0 bridgehead atoms. The van der Waals surface area contributed by atoms with Gasteiger partial charge >= 0.3 is 0 Å². The number of rotatable bonds is 4. The lowest BCUT2D eigenvalue weighted by atomic mass is 10.1. The summed E-state index contributed by atoms with van der Waals surface area (Å²) < 4.78 is 0. The van der Waals surface area contributed by atoms with Gasteiger partial charge in [-0.1, -0.05) is 35.3 Å². The Balaban J connectivity index is 1.99. The number of nitrogens with zero attached hydrogens (tertiary/aromatic N) is 1. The summed E-state index contributed by atoms with van der Waals surface area (Å²) in [6, 6.07) is 9.05. The number of hydrogen-bond donors (Lipinski definition) is 1. The standard InChI is InChI=1S/C14H12Cl2N2OS/c1-9(10-4-5-12(15)13(16)7-10)17-18-14(19)8-11-3-2-6-20-11/h2-7H,8H2,1H3,(H,18,19)/b17-9+. The highest BCUT2D eigenvalue weighted by Gasteiger charge is 2.05. The number of amides is 1. The lowest BCUT2D eigenvalue weighted by molar-refractivity contribution is -0.120. The molecule has 1 heterocycles. The van der Waals surface area contributed by atoms with Crippen LogP contribution in [0.5, 0.6) is 0 Å². The number of hydrazone groups is 1. The Morgan fingerprint density at radius 3 is 2.75 bits per heavy atom. The predicted octanol–water partition coefficient (Wildman–Crippen LogP) is 4.14. The highest BCUT2D eigenvalue weighted by molar-refractivity contribution is 7.10. The van der Waals surface area contributed by atoms with Crippen LogP contribution in [0.3, 0.4) is 0 Å². The molecule has 0 aliphatic rings. The van der Waals surface area contributed by atoms with Crippen LogP contribution >= 0.6 is 34.5 Å². The van der Waals surface area contributed by atoms with Crippen molar-refractivity contribution in [1.82, 2.24) is 5.43 Å². The molecule has 0 spiro atoms. The van der Waals surface area contributed by atoms with E-state index in [0.29, 0.717) is 22.2 Å². The monoisotopic (exact) mass is 326 g/mol. The zero-order chi connectivity index (χ0) is 14.5. The van der Waals surface area contributed by atoms with Gasteiger partial charge in [-0.05, 0) is 36.1 Å². The van der Waals surface area contributed by atoms with Crippen molar-refractivity contribution in [2.24, 2.45) is 5.10 Å². The molecule has 0 aliphatic heterocycles. The summed E-state index contributed by atoms with van der Waals surface area (Å²) in [4.78, 5) is 12.7. The van der Waals surface area contributed by atoms with E-state index in [9.17, 15) is 4.79 Å². The number of carbonyl (C=O) groups excluding carboxylic acids is 1. The highest BCUT2D eigenvalue weighted by atomic mass is 35.5. The zero-order valence-corrected chi connectivity index (χ0v) is 13.0. The highest BCUT2D eigenvalue weighted by Crippen LogP contribution is 2.22. The number of carbonyl (C=O) groups is 1. The molecule has 1 amide bonds. The van der Waals surface area contributed by atoms with Crippen molar-refractivity contribution in [3.8, 4) is 0 Å².